The van der Waals surface area contributed by atoms with Crippen LogP contribution in [0.4, 0.5) is 0 Å². The van der Waals surface area contributed by atoms with Crippen LogP contribution in [-0.4, -0.2) is 11.2 Å². The number of hydrogen-bond donors (Lipinski definition) is 2. The van der Waals surface area contributed by atoms with Gasteiger partial charge in [-0.2, -0.15) is 0 Å². The first-order valence-corrected chi connectivity index (χ1v) is 5.68. The average Bonchev–Trinajstić information content (AvgIpc) is 2.56. The highest BCUT2D eigenvalue weighted by Gasteiger charge is 2.09. The predicted molar refractivity (Wildman–Crippen MR) is 56.6 cm³/mol. The number of thioether (sulfide) groups is 1. The van der Waals surface area contributed by atoms with Crippen molar-refractivity contribution >= 4 is 29.0 Å². The van der Waals surface area contributed by atoms with Crippen LogP contribution in [0.25, 0.3) is 0 Å². The lowest BCUT2D eigenvalue weighted by Crippen LogP contribution is -2.31. The summed E-state index contributed by atoms with van der Waals surface area (Å²) >= 11 is 3.38. The number of carbonyl (C=O) groups is 1. The maximum atomic E-state index is 10.9. The molecule has 1 heterocycles. The van der Waals surface area contributed by atoms with E-state index in [0.717, 1.165) is 0 Å². The van der Waals surface area contributed by atoms with Crippen LogP contribution in [0.3, 0.4) is 0 Å². The molecule has 1 rings (SSSR count). The topological polar surface area (TPSA) is 55.1 Å². The van der Waals surface area contributed by atoms with Crippen LogP contribution in [-0.2, 0) is 4.79 Å². The maximum Gasteiger partial charge on any atom is 0.234 e. The van der Waals surface area contributed by atoms with Crippen molar-refractivity contribution in [1.82, 2.24) is 5.43 Å². The summed E-state index contributed by atoms with van der Waals surface area (Å²) in [5.74, 6) is 4.87. The summed E-state index contributed by atoms with van der Waals surface area (Å²) in [7, 11) is 0. The van der Waals surface area contributed by atoms with E-state index in [1.165, 1.54) is 4.21 Å². The van der Waals surface area contributed by atoms with E-state index in [0.29, 0.717) is 6.42 Å². The van der Waals surface area contributed by atoms with E-state index < -0.39 is 0 Å². The zero-order valence-corrected chi connectivity index (χ0v) is 8.95. The third-order valence-electron chi connectivity index (χ3n) is 1.45. The summed E-state index contributed by atoms with van der Waals surface area (Å²) in [6.45, 7) is 2.01. The van der Waals surface area contributed by atoms with Crippen LogP contribution < -0.4 is 11.3 Å². The summed E-state index contributed by atoms with van der Waals surface area (Å²) in [4.78, 5) is 10.9. The molecule has 0 radical (unpaired) electrons. The summed E-state index contributed by atoms with van der Waals surface area (Å²) in [5, 5.41) is 2.29. The quantitative estimate of drug-likeness (QED) is 0.348. The zero-order chi connectivity index (χ0) is 9.68. The Morgan fingerprint density at radius 1 is 1.85 bits per heavy atom. The fourth-order valence-electron chi connectivity index (χ4n) is 0.891. The van der Waals surface area contributed by atoms with Gasteiger partial charge in [0.1, 0.15) is 0 Å². The molecule has 0 fully saturated rings. The number of carbonyl (C=O) groups excluding carboxylic acids is 1. The van der Waals surface area contributed by atoms with Gasteiger partial charge in [-0.15, -0.1) is 23.1 Å². The lowest BCUT2D eigenvalue weighted by atomic mass is 10.3. The Morgan fingerprint density at radius 3 is 3.15 bits per heavy atom. The number of hydrazine groups is 1. The predicted octanol–water partition coefficient (Wildman–Crippen LogP) is 1.61. The number of nitrogens with one attached hydrogen (secondary N) is 1. The van der Waals surface area contributed by atoms with Crippen LogP contribution in [0, 0.1) is 0 Å². The molecule has 0 aliphatic heterocycles. The van der Waals surface area contributed by atoms with Crippen LogP contribution in [0.5, 0.6) is 0 Å². The Kier molecular flexibility index (Phi) is 4.27. The van der Waals surface area contributed by atoms with Crippen LogP contribution in [0.2, 0.25) is 0 Å². The molecule has 0 saturated heterocycles. The summed E-state index contributed by atoms with van der Waals surface area (Å²) < 4.78 is 1.23. The van der Waals surface area contributed by atoms with E-state index >= 15 is 0 Å². The molecule has 1 aromatic heterocycles. The van der Waals surface area contributed by atoms with Crippen molar-refractivity contribution in [1.29, 1.82) is 0 Å². The largest absolute Gasteiger partial charge is 0.294 e. The van der Waals surface area contributed by atoms with Gasteiger partial charge in [-0.05, 0) is 11.4 Å². The van der Waals surface area contributed by atoms with Gasteiger partial charge >= 0.3 is 0 Å². The highest BCUT2D eigenvalue weighted by molar-refractivity contribution is 8.01. The fourth-order valence-corrected chi connectivity index (χ4v) is 3.01. The SMILES string of the molecule is CC(CC(=O)NN)Sc1cccs1. The number of amides is 1. The van der Waals surface area contributed by atoms with E-state index in [4.69, 9.17) is 5.84 Å². The molecule has 13 heavy (non-hydrogen) atoms. The van der Waals surface area contributed by atoms with Crippen molar-refractivity contribution in [2.45, 2.75) is 22.8 Å². The fraction of sp³-hybridized carbons (Fsp3) is 0.375. The second-order valence-electron chi connectivity index (χ2n) is 2.63. The Hall–Kier alpha value is -0.520. The summed E-state index contributed by atoms with van der Waals surface area (Å²) in [5.41, 5.74) is 2.13. The van der Waals surface area contributed by atoms with Crippen LogP contribution >= 0.6 is 23.1 Å². The highest BCUT2D eigenvalue weighted by Crippen LogP contribution is 2.28. The maximum absolute atomic E-state index is 10.9. The van der Waals surface area contributed by atoms with Gasteiger partial charge in [-0.3, -0.25) is 10.2 Å². The third kappa shape index (κ3) is 3.80. The van der Waals surface area contributed by atoms with Crippen molar-refractivity contribution in [3.05, 3.63) is 17.5 Å². The van der Waals surface area contributed by atoms with E-state index in [2.05, 4.69) is 5.43 Å². The lowest BCUT2D eigenvalue weighted by molar-refractivity contribution is -0.121. The molecular weight excluding hydrogens is 204 g/mol. The third-order valence-corrected chi connectivity index (χ3v) is 3.62. The first kappa shape index (κ1) is 10.6. The Morgan fingerprint density at radius 2 is 2.62 bits per heavy atom. The minimum absolute atomic E-state index is 0.114. The monoisotopic (exact) mass is 216 g/mol. The Labute approximate surface area is 85.7 Å². The summed E-state index contributed by atoms with van der Waals surface area (Å²) in [6.07, 6.45) is 0.457. The normalized spacial score (nSPS) is 12.5. The van der Waals surface area contributed by atoms with Gasteiger partial charge in [0.25, 0.3) is 0 Å². The van der Waals surface area contributed by atoms with Gasteiger partial charge in [-0.25, -0.2) is 5.84 Å². The van der Waals surface area contributed by atoms with Gasteiger partial charge in [-0.1, -0.05) is 13.0 Å². The molecule has 3 N–H and O–H groups in total. The molecular formula is C8H12N2OS2. The van der Waals surface area contributed by atoms with Crippen LogP contribution in [0.15, 0.2) is 21.7 Å². The van der Waals surface area contributed by atoms with E-state index in [9.17, 15) is 4.79 Å². The minimum Gasteiger partial charge on any atom is -0.294 e. The second-order valence-corrected chi connectivity index (χ2v) is 5.32. The average molecular weight is 216 g/mol. The smallest absolute Gasteiger partial charge is 0.234 e. The minimum atomic E-state index is -0.114. The summed E-state index contributed by atoms with van der Waals surface area (Å²) in [6, 6.07) is 4.05. The molecule has 0 aliphatic rings. The van der Waals surface area contributed by atoms with Gasteiger partial charge < -0.3 is 0 Å². The molecule has 3 nitrogen and oxygen atoms in total. The van der Waals surface area contributed by atoms with Crippen molar-refractivity contribution < 1.29 is 4.79 Å². The molecule has 0 bridgehead atoms. The van der Waals surface area contributed by atoms with Gasteiger partial charge in [0.15, 0.2) is 0 Å². The van der Waals surface area contributed by atoms with Crippen molar-refractivity contribution in [2.75, 3.05) is 0 Å². The van der Waals surface area contributed by atoms with Gasteiger partial charge in [0, 0.05) is 11.7 Å². The molecule has 0 aromatic carbocycles. The van der Waals surface area contributed by atoms with Crippen molar-refractivity contribution in [3.8, 4) is 0 Å². The molecule has 5 heteroatoms. The van der Waals surface area contributed by atoms with Gasteiger partial charge in [0.05, 0.1) is 4.21 Å². The number of nitrogens with two attached hydrogens (primary N) is 1. The Bertz CT molecular complexity index is 261. The zero-order valence-electron chi connectivity index (χ0n) is 7.32. The highest BCUT2D eigenvalue weighted by atomic mass is 32.2. The second kappa shape index (κ2) is 5.26. The molecule has 1 aromatic rings. The standard InChI is InChI=1S/C8H12N2OS2/c1-6(5-7(11)10-9)13-8-3-2-4-12-8/h2-4,6H,5,9H2,1H3,(H,10,11). The van der Waals surface area contributed by atoms with Gasteiger partial charge in [0.2, 0.25) is 5.91 Å². The molecule has 1 atom stereocenters. The first-order valence-electron chi connectivity index (χ1n) is 3.92. The molecule has 0 aliphatic carbocycles. The molecule has 1 amide bonds. The molecule has 72 valence electrons. The van der Waals surface area contributed by atoms with E-state index in [1.807, 2.05) is 24.4 Å². The van der Waals surface area contributed by atoms with Crippen LogP contribution in [0.1, 0.15) is 13.3 Å². The molecule has 0 spiro atoms. The first-order chi connectivity index (χ1) is 6.22. The van der Waals surface area contributed by atoms with Crippen molar-refractivity contribution in [2.24, 2.45) is 5.84 Å². The van der Waals surface area contributed by atoms with E-state index in [1.54, 1.807) is 23.1 Å². The molecule has 0 saturated carbocycles. The number of thiophene rings is 1. The number of hydrogen-bond acceptors (Lipinski definition) is 4. The lowest BCUT2D eigenvalue weighted by Gasteiger charge is -2.07. The molecule has 1 unspecified atom stereocenters. The van der Waals surface area contributed by atoms with E-state index in [-0.39, 0.29) is 11.2 Å². The Balaban J connectivity index is 2.33. The number of rotatable bonds is 4. The van der Waals surface area contributed by atoms with Crippen molar-refractivity contribution in [3.63, 3.8) is 0 Å².